The average Bonchev–Trinajstić information content (AvgIpc) is 2.97. The van der Waals surface area contributed by atoms with Crippen LogP contribution in [0.2, 0.25) is 0 Å². The number of thiazole rings is 1. The van der Waals surface area contributed by atoms with Crippen LogP contribution in [0.4, 0.5) is 11.4 Å². The van der Waals surface area contributed by atoms with Gasteiger partial charge in [0, 0.05) is 22.7 Å². The number of nitrogens with two attached hydrogens (primary N) is 1. The van der Waals surface area contributed by atoms with E-state index in [0.29, 0.717) is 16.9 Å². The number of para-hydroxylation sites is 1. The second-order valence-electron chi connectivity index (χ2n) is 4.44. The fourth-order valence-electron chi connectivity index (χ4n) is 2.05. The van der Waals surface area contributed by atoms with Gasteiger partial charge in [-0.25, -0.2) is 4.98 Å². The molecule has 104 valence electrons. The molecule has 0 aliphatic heterocycles. The smallest absolute Gasteiger partial charge is 0.278 e. The summed E-state index contributed by atoms with van der Waals surface area (Å²) in [6.45, 7) is 0. The van der Waals surface area contributed by atoms with E-state index < -0.39 is 4.92 Å². The third kappa shape index (κ3) is 2.61. The Labute approximate surface area is 124 Å². The molecule has 0 saturated carbocycles. The first-order valence-electron chi connectivity index (χ1n) is 6.20. The fraction of sp³-hybridized carbons (Fsp3) is 0. The molecule has 6 heteroatoms. The molecule has 0 aliphatic rings. The summed E-state index contributed by atoms with van der Waals surface area (Å²) in [7, 11) is 0. The van der Waals surface area contributed by atoms with Crippen LogP contribution in [0, 0.1) is 10.1 Å². The Hall–Kier alpha value is -2.73. The molecular formula is C15H11N3O2S. The Morgan fingerprint density at radius 2 is 1.95 bits per heavy atom. The highest BCUT2D eigenvalue weighted by atomic mass is 32.1. The van der Waals surface area contributed by atoms with Crippen LogP contribution in [-0.4, -0.2) is 9.91 Å². The lowest BCUT2D eigenvalue weighted by Crippen LogP contribution is -1.91. The predicted molar refractivity (Wildman–Crippen MR) is 84.1 cm³/mol. The molecule has 21 heavy (non-hydrogen) atoms. The molecule has 3 rings (SSSR count). The maximum atomic E-state index is 11.1. The van der Waals surface area contributed by atoms with E-state index in [0.717, 1.165) is 10.6 Å². The lowest BCUT2D eigenvalue weighted by molar-refractivity contribution is -0.384. The first-order valence-corrected chi connectivity index (χ1v) is 7.08. The highest BCUT2D eigenvalue weighted by Gasteiger charge is 2.17. The Morgan fingerprint density at radius 1 is 1.14 bits per heavy atom. The first kappa shape index (κ1) is 13.3. The van der Waals surface area contributed by atoms with Gasteiger partial charge in [0.15, 0.2) is 0 Å². The van der Waals surface area contributed by atoms with Crippen molar-refractivity contribution < 1.29 is 4.92 Å². The number of nitro benzene ring substituents is 1. The number of benzene rings is 2. The summed E-state index contributed by atoms with van der Waals surface area (Å²) < 4.78 is 0. The van der Waals surface area contributed by atoms with E-state index in [-0.39, 0.29) is 5.69 Å². The molecule has 2 N–H and O–H groups in total. The van der Waals surface area contributed by atoms with Crippen molar-refractivity contribution in [1.29, 1.82) is 0 Å². The topological polar surface area (TPSA) is 82.0 Å². The van der Waals surface area contributed by atoms with Gasteiger partial charge in [-0.15, -0.1) is 11.3 Å². The summed E-state index contributed by atoms with van der Waals surface area (Å²) in [6.07, 6.45) is 0. The standard InChI is InChI=1S/C15H11N3O2S/c16-11-5-3-4-10(8-11)15-17-13(9-21-15)12-6-1-2-7-14(12)18(19)20/h1-9H,16H2. The van der Waals surface area contributed by atoms with Gasteiger partial charge < -0.3 is 5.73 Å². The number of nitrogen functional groups attached to an aromatic ring is 1. The predicted octanol–water partition coefficient (Wildman–Crippen LogP) is 3.97. The van der Waals surface area contributed by atoms with Crippen molar-refractivity contribution in [3.63, 3.8) is 0 Å². The number of nitrogens with zero attached hydrogens (tertiary/aromatic N) is 2. The third-order valence-corrected chi connectivity index (χ3v) is 3.91. The maximum absolute atomic E-state index is 11.1. The lowest BCUT2D eigenvalue weighted by Gasteiger charge is -1.99. The van der Waals surface area contributed by atoms with Crippen molar-refractivity contribution in [1.82, 2.24) is 4.98 Å². The number of hydrogen-bond donors (Lipinski definition) is 1. The van der Waals surface area contributed by atoms with Crippen LogP contribution in [0.1, 0.15) is 0 Å². The van der Waals surface area contributed by atoms with E-state index in [1.54, 1.807) is 24.3 Å². The number of hydrogen-bond acceptors (Lipinski definition) is 5. The van der Waals surface area contributed by atoms with Gasteiger partial charge in [0.1, 0.15) is 5.01 Å². The van der Waals surface area contributed by atoms with Gasteiger partial charge in [-0.2, -0.15) is 0 Å². The molecular weight excluding hydrogens is 286 g/mol. The molecule has 0 spiro atoms. The quantitative estimate of drug-likeness (QED) is 0.450. The minimum Gasteiger partial charge on any atom is -0.399 e. The van der Waals surface area contributed by atoms with Gasteiger partial charge in [0.2, 0.25) is 0 Å². The van der Waals surface area contributed by atoms with Crippen LogP contribution in [0.25, 0.3) is 21.8 Å². The van der Waals surface area contributed by atoms with Crippen LogP contribution in [0.3, 0.4) is 0 Å². The van der Waals surface area contributed by atoms with E-state index in [9.17, 15) is 10.1 Å². The maximum Gasteiger partial charge on any atom is 0.278 e. The Kier molecular flexibility index (Phi) is 3.37. The van der Waals surface area contributed by atoms with Crippen molar-refractivity contribution in [2.45, 2.75) is 0 Å². The summed E-state index contributed by atoms with van der Waals surface area (Å²) in [6, 6.07) is 14.0. The summed E-state index contributed by atoms with van der Waals surface area (Å²) >= 11 is 1.44. The van der Waals surface area contributed by atoms with E-state index in [1.807, 2.05) is 23.6 Å². The van der Waals surface area contributed by atoms with E-state index in [2.05, 4.69) is 4.98 Å². The normalized spacial score (nSPS) is 10.5. The number of anilines is 1. The zero-order chi connectivity index (χ0) is 14.8. The molecule has 2 aromatic carbocycles. The van der Waals surface area contributed by atoms with Gasteiger partial charge in [0.25, 0.3) is 5.69 Å². The van der Waals surface area contributed by atoms with Gasteiger partial charge in [0.05, 0.1) is 16.2 Å². The minimum absolute atomic E-state index is 0.0573. The van der Waals surface area contributed by atoms with Crippen molar-refractivity contribution in [2.24, 2.45) is 0 Å². The third-order valence-electron chi connectivity index (χ3n) is 3.01. The van der Waals surface area contributed by atoms with Crippen LogP contribution < -0.4 is 5.73 Å². The monoisotopic (exact) mass is 297 g/mol. The molecule has 0 atom stereocenters. The average molecular weight is 297 g/mol. The highest BCUT2D eigenvalue weighted by Crippen LogP contribution is 2.33. The minimum atomic E-state index is -0.394. The van der Waals surface area contributed by atoms with Crippen LogP contribution >= 0.6 is 11.3 Å². The second-order valence-corrected chi connectivity index (χ2v) is 5.30. The van der Waals surface area contributed by atoms with Gasteiger partial charge in [-0.3, -0.25) is 10.1 Å². The van der Waals surface area contributed by atoms with Crippen LogP contribution in [-0.2, 0) is 0 Å². The number of rotatable bonds is 3. The van der Waals surface area contributed by atoms with E-state index in [1.165, 1.54) is 17.4 Å². The second kappa shape index (κ2) is 5.34. The summed E-state index contributed by atoms with van der Waals surface area (Å²) in [5.74, 6) is 0. The van der Waals surface area contributed by atoms with Crippen LogP contribution in [0.5, 0.6) is 0 Å². The zero-order valence-corrected chi connectivity index (χ0v) is 11.7. The molecule has 0 saturated heterocycles. The SMILES string of the molecule is Nc1cccc(-c2nc(-c3ccccc3[N+](=O)[O-])cs2)c1. The molecule has 0 amide bonds. The summed E-state index contributed by atoms with van der Waals surface area (Å²) in [4.78, 5) is 15.2. The molecule has 3 aromatic rings. The molecule has 5 nitrogen and oxygen atoms in total. The molecule has 0 bridgehead atoms. The molecule has 0 fully saturated rings. The summed E-state index contributed by atoms with van der Waals surface area (Å²) in [5, 5.41) is 13.7. The largest absolute Gasteiger partial charge is 0.399 e. The van der Waals surface area contributed by atoms with Crippen molar-refractivity contribution in [2.75, 3.05) is 5.73 Å². The van der Waals surface area contributed by atoms with Gasteiger partial charge in [-0.1, -0.05) is 24.3 Å². The van der Waals surface area contributed by atoms with E-state index >= 15 is 0 Å². The Morgan fingerprint density at radius 3 is 2.71 bits per heavy atom. The molecule has 0 radical (unpaired) electrons. The number of aromatic nitrogens is 1. The van der Waals surface area contributed by atoms with Crippen LogP contribution in [0.15, 0.2) is 53.9 Å². The number of nitro groups is 1. The van der Waals surface area contributed by atoms with Gasteiger partial charge in [-0.05, 0) is 18.2 Å². The van der Waals surface area contributed by atoms with Crippen molar-refractivity contribution in [3.05, 3.63) is 64.0 Å². The van der Waals surface area contributed by atoms with Gasteiger partial charge >= 0.3 is 0 Å². The molecule has 0 aliphatic carbocycles. The van der Waals surface area contributed by atoms with Crippen molar-refractivity contribution >= 4 is 22.7 Å². The van der Waals surface area contributed by atoms with E-state index in [4.69, 9.17) is 5.73 Å². The Bertz CT molecular complexity index is 814. The summed E-state index contributed by atoms with van der Waals surface area (Å²) in [5.41, 5.74) is 8.52. The lowest BCUT2D eigenvalue weighted by atomic mass is 10.1. The molecule has 1 heterocycles. The van der Waals surface area contributed by atoms with Crippen molar-refractivity contribution in [3.8, 4) is 21.8 Å². The fourth-order valence-corrected chi connectivity index (χ4v) is 2.87. The molecule has 1 aromatic heterocycles. The highest BCUT2D eigenvalue weighted by molar-refractivity contribution is 7.13. The first-order chi connectivity index (χ1) is 10.1. The zero-order valence-electron chi connectivity index (χ0n) is 10.9. The molecule has 0 unspecified atom stereocenters. The Balaban J connectivity index is 2.05.